The minimum atomic E-state index is -0.188. The quantitative estimate of drug-likeness (QED) is 0.635. The van der Waals surface area contributed by atoms with Crippen LogP contribution >= 0.6 is 23.2 Å². The monoisotopic (exact) mass is 405 g/mol. The molecule has 1 aromatic heterocycles. The number of amides is 1. The van der Waals surface area contributed by atoms with Crippen molar-refractivity contribution in [2.75, 3.05) is 11.4 Å². The minimum absolute atomic E-state index is 0.164. The molecule has 4 rings (SSSR count). The summed E-state index contributed by atoms with van der Waals surface area (Å²) in [5.74, 6) is 1.29. The fourth-order valence-corrected chi connectivity index (χ4v) is 4.28. The lowest BCUT2D eigenvalue weighted by molar-refractivity contribution is 0.0985. The molecule has 0 spiro atoms. The van der Waals surface area contributed by atoms with Crippen LogP contribution in [0.5, 0.6) is 11.6 Å². The highest BCUT2D eigenvalue weighted by molar-refractivity contribution is 6.31. The number of carbonyl (C=O) groups excluding carboxylic acids is 1. The van der Waals surface area contributed by atoms with Gasteiger partial charge in [0, 0.05) is 11.6 Å². The Morgan fingerprint density at radius 1 is 1.11 bits per heavy atom. The number of hydrogen-bond acceptors (Lipinski definition) is 4. The van der Waals surface area contributed by atoms with Crippen LogP contribution in [0.3, 0.4) is 0 Å². The number of aromatic nitrogens is 2. The molecule has 142 valence electrons. The first-order valence-electron chi connectivity index (χ1n) is 9.44. The molecule has 0 N–H and O–H groups in total. The van der Waals surface area contributed by atoms with Crippen molar-refractivity contribution in [2.45, 2.75) is 44.9 Å². The Labute approximate surface area is 168 Å². The number of nitrogens with zero attached hydrogens (tertiary/aromatic N) is 3. The maximum atomic E-state index is 13.2. The van der Waals surface area contributed by atoms with Gasteiger partial charge in [0.2, 0.25) is 0 Å². The fraction of sp³-hybridized carbons (Fsp3) is 0.450. The van der Waals surface area contributed by atoms with Crippen LogP contribution in [0, 0.1) is 5.92 Å². The van der Waals surface area contributed by atoms with Crippen LogP contribution in [-0.2, 0) is 0 Å². The van der Waals surface area contributed by atoms with Crippen molar-refractivity contribution in [2.24, 2.45) is 5.92 Å². The standard InChI is InChI=1S/C20H21Cl2N3O2/c21-14-8-9-17-16(11-14)25(10-4-7-13-5-2-1-3-6-13)20(26)15-12-18(22)23-24-19(15)27-17/h8-9,11-13H,1-7,10H2. The molecule has 1 aliphatic carbocycles. The van der Waals surface area contributed by atoms with Crippen LogP contribution in [0.15, 0.2) is 24.3 Å². The van der Waals surface area contributed by atoms with Gasteiger partial charge in [0.05, 0.1) is 5.69 Å². The number of rotatable bonds is 4. The third kappa shape index (κ3) is 4.04. The van der Waals surface area contributed by atoms with Crippen LogP contribution in [0.1, 0.15) is 55.3 Å². The van der Waals surface area contributed by atoms with Crippen molar-refractivity contribution in [3.63, 3.8) is 0 Å². The molecular weight excluding hydrogens is 385 g/mol. The summed E-state index contributed by atoms with van der Waals surface area (Å²) in [7, 11) is 0. The van der Waals surface area contributed by atoms with Gasteiger partial charge in [-0.05, 0) is 43.0 Å². The van der Waals surface area contributed by atoms with Crippen molar-refractivity contribution in [3.8, 4) is 11.6 Å². The molecular formula is C20H21Cl2N3O2. The van der Waals surface area contributed by atoms with Crippen LogP contribution in [0.25, 0.3) is 0 Å². The number of ether oxygens (including phenoxy) is 1. The first-order valence-corrected chi connectivity index (χ1v) is 10.2. The average molecular weight is 406 g/mol. The molecule has 0 saturated heterocycles. The topological polar surface area (TPSA) is 55.3 Å². The van der Waals surface area contributed by atoms with Gasteiger partial charge in [0.15, 0.2) is 10.9 Å². The minimum Gasteiger partial charge on any atom is -0.435 e. The van der Waals surface area contributed by atoms with Crippen LogP contribution < -0.4 is 9.64 Å². The molecule has 0 atom stereocenters. The molecule has 5 nitrogen and oxygen atoms in total. The van der Waals surface area contributed by atoms with Gasteiger partial charge in [-0.15, -0.1) is 10.2 Å². The van der Waals surface area contributed by atoms with E-state index in [4.69, 9.17) is 27.9 Å². The van der Waals surface area contributed by atoms with Gasteiger partial charge in [-0.1, -0.05) is 55.3 Å². The number of carbonyl (C=O) groups is 1. The van der Waals surface area contributed by atoms with E-state index in [1.807, 2.05) is 0 Å². The summed E-state index contributed by atoms with van der Waals surface area (Å²) in [5, 5.41) is 8.47. The average Bonchev–Trinajstić information content (AvgIpc) is 2.78. The molecule has 1 aromatic carbocycles. The first kappa shape index (κ1) is 18.5. The number of hydrogen-bond donors (Lipinski definition) is 0. The Morgan fingerprint density at radius 2 is 1.93 bits per heavy atom. The Morgan fingerprint density at radius 3 is 2.74 bits per heavy atom. The van der Waals surface area contributed by atoms with E-state index >= 15 is 0 Å². The molecule has 7 heteroatoms. The number of benzene rings is 1. The highest BCUT2D eigenvalue weighted by Gasteiger charge is 2.30. The second-order valence-electron chi connectivity index (χ2n) is 7.20. The second-order valence-corrected chi connectivity index (χ2v) is 8.03. The zero-order valence-electron chi connectivity index (χ0n) is 15.0. The number of halogens is 2. The van der Waals surface area contributed by atoms with Crippen molar-refractivity contribution in [1.29, 1.82) is 0 Å². The van der Waals surface area contributed by atoms with Gasteiger partial charge in [0.1, 0.15) is 5.56 Å². The molecule has 2 aliphatic rings. The predicted molar refractivity (Wildman–Crippen MR) is 106 cm³/mol. The van der Waals surface area contributed by atoms with E-state index in [-0.39, 0.29) is 16.9 Å². The normalized spacial score (nSPS) is 17.1. The number of anilines is 1. The predicted octanol–water partition coefficient (Wildman–Crippen LogP) is 5.90. The Bertz CT molecular complexity index is 853. The SMILES string of the molecule is O=C1c2cc(Cl)nnc2Oc2ccc(Cl)cc2N1CCCC1CCCCC1. The lowest BCUT2D eigenvalue weighted by Crippen LogP contribution is -2.31. The van der Waals surface area contributed by atoms with Gasteiger partial charge < -0.3 is 9.64 Å². The van der Waals surface area contributed by atoms with Crippen molar-refractivity contribution in [1.82, 2.24) is 10.2 Å². The van der Waals surface area contributed by atoms with Crippen LogP contribution in [-0.4, -0.2) is 22.6 Å². The van der Waals surface area contributed by atoms with Crippen molar-refractivity contribution >= 4 is 34.8 Å². The lowest BCUT2D eigenvalue weighted by Gasteiger charge is -2.25. The maximum Gasteiger partial charge on any atom is 0.264 e. The largest absolute Gasteiger partial charge is 0.435 e. The van der Waals surface area contributed by atoms with E-state index in [1.54, 1.807) is 23.1 Å². The molecule has 1 amide bonds. The highest BCUT2D eigenvalue weighted by Crippen LogP contribution is 2.40. The second kappa shape index (κ2) is 8.03. The van der Waals surface area contributed by atoms with E-state index in [0.717, 1.165) is 18.8 Å². The fourth-order valence-electron chi connectivity index (χ4n) is 3.97. The Balaban J connectivity index is 1.61. The van der Waals surface area contributed by atoms with Crippen molar-refractivity contribution in [3.05, 3.63) is 40.0 Å². The van der Waals surface area contributed by atoms with Gasteiger partial charge >= 0.3 is 0 Å². The summed E-state index contributed by atoms with van der Waals surface area (Å²) in [5.41, 5.74) is 0.977. The third-order valence-corrected chi connectivity index (χ3v) is 5.76. The first-order chi connectivity index (χ1) is 13.1. The molecule has 2 aromatic rings. The van der Waals surface area contributed by atoms with E-state index in [0.29, 0.717) is 28.6 Å². The molecule has 0 unspecified atom stereocenters. The molecule has 1 aliphatic heterocycles. The summed E-state index contributed by atoms with van der Waals surface area (Å²) in [6.45, 7) is 0.603. The van der Waals surface area contributed by atoms with Gasteiger partial charge in [-0.25, -0.2) is 0 Å². The zero-order valence-corrected chi connectivity index (χ0v) is 16.5. The van der Waals surface area contributed by atoms with E-state index in [2.05, 4.69) is 10.2 Å². The lowest BCUT2D eigenvalue weighted by atomic mass is 9.86. The molecule has 2 heterocycles. The van der Waals surface area contributed by atoms with E-state index in [1.165, 1.54) is 38.2 Å². The summed E-state index contributed by atoms with van der Waals surface area (Å²) >= 11 is 12.2. The molecule has 27 heavy (non-hydrogen) atoms. The summed E-state index contributed by atoms with van der Waals surface area (Å²) in [6.07, 6.45) is 8.66. The zero-order chi connectivity index (χ0) is 18.8. The molecule has 1 saturated carbocycles. The number of fused-ring (bicyclic) bond motifs is 2. The van der Waals surface area contributed by atoms with Gasteiger partial charge in [0.25, 0.3) is 11.8 Å². The Hall–Kier alpha value is -1.85. The summed E-state index contributed by atoms with van der Waals surface area (Å²) in [6, 6.07) is 6.76. The van der Waals surface area contributed by atoms with Gasteiger partial charge in [-0.2, -0.15) is 0 Å². The highest BCUT2D eigenvalue weighted by atomic mass is 35.5. The third-order valence-electron chi connectivity index (χ3n) is 5.34. The molecule has 0 radical (unpaired) electrons. The molecule has 0 bridgehead atoms. The van der Waals surface area contributed by atoms with E-state index in [9.17, 15) is 4.79 Å². The summed E-state index contributed by atoms with van der Waals surface area (Å²) in [4.78, 5) is 15.0. The van der Waals surface area contributed by atoms with Crippen molar-refractivity contribution < 1.29 is 9.53 Å². The van der Waals surface area contributed by atoms with E-state index < -0.39 is 0 Å². The Kier molecular flexibility index (Phi) is 5.50. The van der Waals surface area contributed by atoms with Gasteiger partial charge in [-0.3, -0.25) is 4.79 Å². The maximum absolute atomic E-state index is 13.2. The summed E-state index contributed by atoms with van der Waals surface area (Å²) < 4.78 is 5.86. The van der Waals surface area contributed by atoms with Crippen LogP contribution in [0.4, 0.5) is 5.69 Å². The smallest absolute Gasteiger partial charge is 0.264 e. The molecule has 1 fully saturated rings. The van der Waals surface area contributed by atoms with Crippen LogP contribution in [0.2, 0.25) is 10.2 Å².